The van der Waals surface area contributed by atoms with E-state index < -0.39 is 0 Å². The lowest BCUT2D eigenvalue weighted by Crippen LogP contribution is -2.05. The summed E-state index contributed by atoms with van der Waals surface area (Å²) in [5.41, 5.74) is 2.90. The van der Waals surface area contributed by atoms with Crippen molar-refractivity contribution in [2.45, 2.75) is 24.9 Å². The molecule has 1 nitrogen and oxygen atoms in total. The van der Waals surface area contributed by atoms with Gasteiger partial charge in [-0.15, -0.1) is 12.4 Å². The smallest absolute Gasteiger partial charge is 0.0409 e. The van der Waals surface area contributed by atoms with Crippen LogP contribution >= 0.6 is 24.0 Å². The van der Waals surface area contributed by atoms with Gasteiger partial charge in [0, 0.05) is 17.1 Å². The van der Waals surface area contributed by atoms with Gasteiger partial charge >= 0.3 is 0 Å². The zero-order valence-electron chi connectivity index (χ0n) is 7.09. The van der Waals surface area contributed by atoms with E-state index in [9.17, 15) is 0 Å². The summed E-state index contributed by atoms with van der Waals surface area (Å²) in [6, 6.07) is 7.45. The van der Waals surface area contributed by atoms with E-state index in [2.05, 4.69) is 17.4 Å². The van der Waals surface area contributed by atoms with Crippen LogP contribution in [0.3, 0.4) is 0 Å². The Bertz CT molecular complexity index is 338. The van der Waals surface area contributed by atoms with E-state index in [4.69, 9.17) is 11.6 Å². The summed E-state index contributed by atoms with van der Waals surface area (Å²) < 4.78 is 0. The fourth-order valence-electron chi connectivity index (χ4n) is 2.40. The highest BCUT2D eigenvalue weighted by molar-refractivity contribution is 6.30. The molecule has 3 heteroatoms. The lowest BCUT2D eigenvalue weighted by atomic mass is 9.92. The van der Waals surface area contributed by atoms with Gasteiger partial charge in [-0.25, -0.2) is 0 Å². The third kappa shape index (κ3) is 1.26. The van der Waals surface area contributed by atoms with Crippen molar-refractivity contribution in [2.75, 3.05) is 0 Å². The monoisotopic (exact) mass is 215 g/mol. The van der Waals surface area contributed by atoms with Crippen molar-refractivity contribution < 1.29 is 0 Å². The number of fused-ring (bicyclic) bond motifs is 5. The molecule has 70 valence electrons. The first-order valence-electron chi connectivity index (χ1n) is 4.40. The molecule has 2 unspecified atom stereocenters. The Balaban J connectivity index is 0.000000653. The molecular weight excluding hydrogens is 205 g/mol. The Labute approximate surface area is 88.9 Å². The number of nitrogens with one attached hydrogen (secondary N) is 1. The third-order valence-electron chi connectivity index (χ3n) is 2.95. The minimum absolute atomic E-state index is 0. The zero-order chi connectivity index (χ0) is 8.13. The fraction of sp³-hybridized carbons (Fsp3) is 0.400. The van der Waals surface area contributed by atoms with E-state index in [1.54, 1.807) is 0 Å². The van der Waals surface area contributed by atoms with Crippen LogP contribution in [-0.4, -0.2) is 0 Å². The molecule has 0 spiro atoms. The van der Waals surface area contributed by atoms with Crippen LogP contribution < -0.4 is 5.32 Å². The maximum Gasteiger partial charge on any atom is 0.0409 e. The standard InChI is InChI=1S/C10H10ClN.ClH/c11-6-1-2-7-8(5-6)10-4-3-9(7)12-10;/h1-2,5,9-10,12H,3-4H2;1H. The van der Waals surface area contributed by atoms with Crippen LogP contribution in [0, 0.1) is 0 Å². The molecule has 1 aromatic rings. The summed E-state index contributed by atoms with van der Waals surface area (Å²) >= 11 is 5.93. The summed E-state index contributed by atoms with van der Waals surface area (Å²) in [5, 5.41) is 4.43. The third-order valence-corrected chi connectivity index (χ3v) is 3.18. The topological polar surface area (TPSA) is 12.0 Å². The minimum atomic E-state index is 0. The van der Waals surface area contributed by atoms with Gasteiger partial charge in [0.15, 0.2) is 0 Å². The van der Waals surface area contributed by atoms with Crippen molar-refractivity contribution >= 4 is 24.0 Å². The Kier molecular flexibility index (Phi) is 2.26. The quantitative estimate of drug-likeness (QED) is 0.701. The number of benzene rings is 1. The van der Waals surface area contributed by atoms with Crippen LogP contribution in [0.15, 0.2) is 18.2 Å². The van der Waals surface area contributed by atoms with Gasteiger partial charge in [0.1, 0.15) is 0 Å². The van der Waals surface area contributed by atoms with Crippen LogP contribution in [0.4, 0.5) is 0 Å². The van der Waals surface area contributed by atoms with Crippen LogP contribution in [0.5, 0.6) is 0 Å². The van der Waals surface area contributed by atoms with E-state index in [0.717, 1.165) is 5.02 Å². The molecule has 1 fully saturated rings. The van der Waals surface area contributed by atoms with Crippen molar-refractivity contribution in [3.05, 3.63) is 34.3 Å². The van der Waals surface area contributed by atoms with Crippen molar-refractivity contribution in [3.8, 4) is 0 Å². The van der Waals surface area contributed by atoms with Gasteiger partial charge in [-0.05, 0) is 36.1 Å². The predicted molar refractivity (Wildman–Crippen MR) is 56.6 cm³/mol. The molecule has 13 heavy (non-hydrogen) atoms. The molecule has 2 heterocycles. The first-order valence-corrected chi connectivity index (χ1v) is 4.78. The first kappa shape index (κ1) is 9.32. The van der Waals surface area contributed by atoms with Gasteiger partial charge in [-0.1, -0.05) is 17.7 Å². The van der Waals surface area contributed by atoms with Crippen LogP contribution in [0.25, 0.3) is 0 Å². The first-order chi connectivity index (χ1) is 5.84. The van der Waals surface area contributed by atoms with Gasteiger partial charge < -0.3 is 5.32 Å². The molecule has 0 aromatic heterocycles. The molecule has 2 aliphatic rings. The van der Waals surface area contributed by atoms with E-state index in [1.165, 1.54) is 24.0 Å². The molecule has 0 amide bonds. The molecule has 1 N–H and O–H groups in total. The normalized spacial score (nSPS) is 28.4. The average Bonchev–Trinajstić information content (AvgIpc) is 2.63. The van der Waals surface area contributed by atoms with Crippen LogP contribution in [0.2, 0.25) is 5.02 Å². The molecule has 0 saturated carbocycles. The van der Waals surface area contributed by atoms with Crippen molar-refractivity contribution in [3.63, 3.8) is 0 Å². The summed E-state index contributed by atoms with van der Waals surface area (Å²) in [5.74, 6) is 0. The molecular formula is C10H11Cl2N. The molecule has 3 rings (SSSR count). The van der Waals surface area contributed by atoms with Crippen LogP contribution in [0.1, 0.15) is 36.1 Å². The molecule has 1 aromatic carbocycles. The second-order valence-corrected chi connectivity index (χ2v) is 4.06. The summed E-state index contributed by atoms with van der Waals surface area (Å²) in [6.45, 7) is 0. The van der Waals surface area contributed by atoms with E-state index in [1.807, 2.05) is 6.07 Å². The molecule has 2 aliphatic heterocycles. The molecule has 2 atom stereocenters. The minimum Gasteiger partial charge on any atom is -0.303 e. The van der Waals surface area contributed by atoms with Crippen molar-refractivity contribution in [2.24, 2.45) is 0 Å². The molecule has 1 saturated heterocycles. The zero-order valence-corrected chi connectivity index (χ0v) is 8.66. The van der Waals surface area contributed by atoms with Gasteiger partial charge in [0.2, 0.25) is 0 Å². The highest BCUT2D eigenvalue weighted by Gasteiger charge is 2.35. The summed E-state index contributed by atoms with van der Waals surface area (Å²) in [7, 11) is 0. The van der Waals surface area contributed by atoms with Gasteiger partial charge in [0.05, 0.1) is 0 Å². The van der Waals surface area contributed by atoms with Crippen molar-refractivity contribution in [1.29, 1.82) is 0 Å². The maximum absolute atomic E-state index is 5.93. The summed E-state index contributed by atoms with van der Waals surface area (Å²) in [6.07, 6.45) is 2.57. The highest BCUT2D eigenvalue weighted by atomic mass is 35.5. The average molecular weight is 216 g/mol. The van der Waals surface area contributed by atoms with Crippen LogP contribution in [-0.2, 0) is 0 Å². The molecule has 0 radical (unpaired) electrons. The Morgan fingerprint density at radius 1 is 1.15 bits per heavy atom. The fourth-order valence-corrected chi connectivity index (χ4v) is 2.58. The van der Waals surface area contributed by atoms with Gasteiger partial charge in [-0.3, -0.25) is 0 Å². The Morgan fingerprint density at radius 3 is 2.62 bits per heavy atom. The SMILES string of the molecule is Cl.Clc1ccc2c(c1)C1CCC2N1. The lowest BCUT2D eigenvalue weighted by molar-refractivity contribution is 0.639. The highest BCUT2D eigenvalue weighted by Crippen LogP contribution is 2.45. The van der Waals surface area contributed by atoms with E-state index in [-0.39, 0.29) is 12.4 Å². The van der Waals surface area contributed by atoms with Gasteiger partial charge in [0.25, 0.3) is 0 Å². The number of hydrogen-bond acceptors (Lipinski definition) is 1. The molecule has 0 aliphatic carbocycles. The Hall–Kier alpha value is -0.240. The lowest BCUT2D eigenvalue weighted by Gasteiger charge is -2.12. The van der Waals surface area contributed by atoms with Gasteiger partial charge in [-0.2, -0.15) is 0 Å². The Morgan fingerprint density at radius 2 is 1.85 bits per heavy atom. The second kappa shape index (κ2) is 3.16. The molecule has 2 bridgehead atoms. The van der Waals surface area contributed by atoms with Crippen molar-refractivity contribution in [1.82, 2.24) is 5.32 Å². The number of halogens is 2. The largest absolute Gasteiger partial charge is 0.303 e. The predicted octanol–water partition coefficient (Wildman–Crippen LogP) is 3.24. The number of rotatable bonds is 0. The maximum atomic E-state index is 5.93. The second-order valence-electron chi connectivity index (χ2n) is 3.62. The summed E-state index contributed by atoms with van der Waals surface area (Å²) in [4.78, 5) is 0. The number of hydrogen-bond donors (Lipinski definition) is 1. The van der Waals surface area contributed by atoms with E-state index >= 15 is 0 Å². The van der Waals surface area contributed by atoms with E-state index in [0.29, 0.717) is 12.1 Å².